The zero-order valence-corrected chi connectivity index (χ0v) is 20.1. The quantitative estimate of drug-likeness (QED) is 0.320. The number of aromatic nitrogens is 1. The zero-order chi connectivity index (χ0) is 19.1. The summed E-state index contributed by atoms with van der Waals surface area (Å²) in [6.07, 6.45) is 2.81. The lowest BCUT2D eigenvalue weighted by molar-refractivity contribution is 0.392. The Hall–Kier alpha value is -1.55. The molecule has 1 fully saturated rings. The normalized spacial score (nSPS) is 16.5. The van der Waals surface area contributed by atoms with Gasteiger partial charge in [-0.15, -0.1) is 24.0 Å². The minimum atomic E-state index is 0. The van der Waals surface area contributed by atoms with Crippen molar-refractivity contribution in [2.24, 2.45) is 4.99 Å². The first-order valence-corrected chi connectivity index (χ1v) is 10.0. The van der Waals surface area contributed by atoms with Crippen molar-refractivity contribution in [2.45, 2.75) is 25.9 Å². The fourth-order valence-electron chi connectivity index (χ4n) is 3.17. The third kappa shape index (κ3) is 6.23. The predicted molar refractivity (Wildman–Crippen MR) is 129 cm³/mol. The number of pyridine rings is 1. The molecule has 0 spiro atoms. The van der Waals surface area contributed by atoms with Gasteiger partial charge in [-0.2, -0.15) is 0 Å². The number of hydrogen-bond donors (Lipinski definition) is 2. The van der Waals surface area contributed by atoms with E-state index in [1.807, 2.05) is 12.1 Å². The van der Waals surface area contributed by atoms with Crippen molar-refractivity contribution in [3.63, 3.8) is 0 Å². The Bertz CT molecular complexity index is 771. The molecule has 2 heterocycles. The highest BCUT2D eigenvalue weighted by Crippen LogP contribution is 2.22. The van der Waals surface area contributed by atoms with Gasteiger partial charge in [-0.3, -0.25) is 0 Å². The van der Waals surface area contributed by atoms with Gasteiger partial charge in [0.2, 0.25) is 5.88 Å². The van der Waals surface area contributed by atoms with Gasteiger partial charge in [0.1, 0.15) is 0 Å². The van der Waals surface area contributed by atoms with E-state index < -0.39 is 0 Å². The van der Waals surface area contributed by atoms with Crippen molar-refractivity contribution >= 4 is 51.6 Å². The number of rotatable bonds is 6. The Kier molecular flexibility index (Phi) is 9.30. The first-order chi connectivity index (χ1) is 13.2. The molecule has 0 aliphatic carbocycles. The fourth-order valence-corrected chi connectivity index (χ4v) is 3.43. The van der Waals surface area contributed by atoms with Crippen LogP contribution in [0.15, 0.2) is 52.1 Å². The van der Waals surface area contributed by atoms with E-state index in [1.54, 1.807) is 13.3 Å². The second-order valence-electron chi connectivity index (χ2n) is 6.42. The Balaban J connectivity index is 0.00000280. The summed E-state index contributed by atoms with van der Waals surface area (Å²) in [5, 5.41) is 6.89. The molecule has 3 rings (SSSR count). The topological polar surface area (TPSA) is 61.8 Å². The van der Waals surface area contributed by atoms with Gasteiger partial charge < -0.3 is 20.3 Å². The molecule has 1 saturated heterocycles. The van der Waals surface area contributed by atoms with Crippen LogP contribution >= 0.6 is 39.9 Å². The van der Waals surface area contributed by atoms with E-state index in [-0.39, 0.29) is 24.0 Å². The average Bonchev–Trinajstić information content (AvgIpc) is 3.15. The van der Waals surface area contributed by atoms with Crippen LogP contribution in [0.3, 0.4) is 0 Å². The number of benzene rings is 1. The molecule has 1 aromatic carbocycles. The van der Waals surface area contributed by atoms with Crippen molar-refractivity contribution < 1.29 is 4.74 Å². The van der Waals surface area contributed by atoms with Crippen LogP contribution in [0, 0.1) is 0 Å². The van der Waals surface area contributed by atoms with E-state index in [9.17, 15) is 0 Å². The van der Waals surface area contributed by atoms with Crippen LogP contribution in [-0.4, -0.2) is 43.7 Å². The van der Waals surface area contributed by atoms with Gasteiger partial charge in [0.15, 0.2) is 5.96 Å². The fraction of sp³-hybridized carbons (Fsp3) is 0.400. The molecule has 1 aliphatic heterocycles. The molecule has 28 heavy (non-hydrogen) atoms. The Morgan fingerprint density at radius 2 is 2.11 bits per heavy atom. The SMILES string of the molecule is CCNC(=NCc1cccnc1OC)NC1CCN(c2ccc(Br)cc2)C1.I. The molecule has 2 N–H and O–H groups in total. The molecule has 6 nitrogen and oxygen atoms in total. The Morgan fingerprint density at radius 3 is 2.82 bits per heavy atom. The van der Waals surface area contributed by atoms with Crippen LogP contribution in [-0.2, 0) is 6.54 Å². The first-order valence-electron chi connectivity index (χ1n) is 9.23. The van der Waals surface area contributed by atoms with Crippen LogP contribution in [0.1, 0.15) is 18.9 Å². The standard InChI is InChI=1S/C20H26BrN5O.HI/c1-3-22-20(24-13-15-5-4-11-23-19(15)27-2)25-17-10-12-26(14-17)18-8-6-16(21)7-9-18;/h4-9,11,17H,3,10,12-14H2,1-2H3,(H2,22,24,25);1H. The lowest BCUT2D eigenvalue weighted by atomic mass is 10.2. The third-order valence-electron chi connectivity index (χ3n) is 4.52. The monoisotopic (exact) mass is 559 g/mol. The summed E-state index contributed by atoms with van der Waals surface area (Å²) in [5.41, 5.74) is 2.23. The van der Waals surface area contributed by atoms with E-state index in [1.165, 1.54) is 5.69 Å². The predicted octanol–water partition coefficient (Wildman–Crippen LogP) is 3.80. The zero-order valence-electron chi connectivity index (χ0n) is 16.2. The molecule has 1 aliphatic rings. The maximum absolute atomic E-state index is 5.31. The van der Waals surface area contributed by atoms with E-state index in [2.05, 4.69) is 67.6 Å². The molecule has 0 radical (unpaired) electrons. The second kappa shape index (κ2) is 11.5. The molecule has 1 aromatic heterocycles. The summed E-state index contributed by atoms with van der Waals surface area (Å²) < 4.78 is 6.42. The molecular weight excluding hydrogens is 533 g/mol. The minimum Gasteiger partial charge on any atom is -0.481 e. The summed E-state index contributed by atoms with van der Waals surface area (Å²) in [7, 11) is 1.63. The number of hydrogen-bond acceptors (Lipinski definition) is 4. The highest BCUT2D eigenvalue weighted by atomic mass is 127. The molecular formula is C20H27BrIN5O. The van der Waals surface area contributed by atoms with Gasteiger partial charge in [0, 0.05) is 47.6 Å². The Labute approximate surface area is 192 Å². The third-order valence-corrected chi connectivity index (χ3v) is 5.04. The van der Waals surface area contributed by atoms with Crippen molar-refractivity contribution in [3.8, 4) is 5.88 Å². The molecule has 0 bridgehead atoms. The highest BCUT2D eigenvalue weighted by molar-refractivity contribution is 14.0. The van der Waals surface area contributed by atoms with Crippen molar-refractivity contribution in [1.29, 1.82) is 0 Å². The van der Waals surface area contributed by atoms with Crippen molar-refractivity contribution in [1.82, 2.24) is 15.6 Å². The van der Waals surface area contributed by atoms with Gasteiger partial charge in [-0.1, -0.05) is 22.0 Å². The van der Waals surface area contributed by atoms with E-state index in [4.69, 9.17) is 9.73 Å². The number of halogens is 2. The molecule has 0 amide bonds. The summed E-state index contributed by atoms with van der Waals surface area (Å²) in [6.45, 7) is 5.41. The Morgan fingerprint density at radius 1 is 1.32 bits per heavy atom. The number of nitrogens with zero attached hydrogens (tertiary/aromatic N) is 3. The summed E-state index contributed by atoms with van der Waals surface area (Å²) in [5.74, 6) is 1.45. The number of ether oxygens (including phenoxy) is 1. The van der Waals surface area contributed by atoms with Crippen LogP contribution in [0.4, 0.5) is 5.69 Å². The second-order valence-corrected chi connectivity index (χ2v) is 7.34. The average molecular weight is 560 g/mol. The van der Waals surface area contributed by atoms with Crippen LogP contribution in [0.25, 0.3) is 0 Å². The molecule has 152 valence electrons. The number of guanidine groups is 1. The summed E-state index contributed by atoms with van der Waals surface area (Å²) >= 11 is 3.49. The van der Waals surface area contributed by atoms with Gasteiger partial charge in [0.05, 0.1) is 13.7 Å². The van der Waals surface area contributed by atoms with E-state index >= 15 is 0 Å². The molecule has 2 aromatic rings. The largest absolute Gasteiger partial charge is 0.481 e. The van der Waals surface area contributed by atoms with Crippen LogP contribution < -0.4 is 20.3 Å². The number of aliphatic imine (C=N–C) groups is 1. The van der Waals surface area contributed by atoms with Gasteiger partial charge in [0.25, 0.3) is 0 Å². The molecule has 0 saturated carbocycles. The summed E-state index contributed by atoms with van der Waals surface area (Å²) in [6, 6.07) is 12.7. The maximum atomic E-state index is 5.31. The van der Waals surface area contributed by atoms with Crippen LogP contribution in [0.2, 0.25) is 0 Å². The first kappa shape index (κ1) is 22.7. The lowest BCUT2D eigenvalue weighted by Gasteiger charge is -2.20. The molecule has 1 atom stereocenters. The maximum Gasteiger partial charge on any atom is 0.218 e. The van der Waals surface area contributed by atoms with Gasteiger partial charge in [-0.25, -0.2) is 9.98 Å². The summed E-state index contributed by atoms with van der Waals surface area (Å²) in [4.78, 5) is 11.3. The molecule has 1 unspecified atom stereocenters. The van der Waals surface area contributed by atoms with Gasteiger partial charge >= 0.3 is 0 Å². The minimum absolute atomic E-state index is 0. The van der Waals surface area contributed by atoms with E-state index in [0.717, 1.165) is 42.1 Å². The number of methoxy groups -OCH3 is 1. The lowest BCUT2D eigenvalue weighted by Crippen LogP contribution is -2.44. The highest BCUT2D eigenvalue weighted by Gasteiger charge is 2.23. The molecule has 8 heteroatoms. The number of nitrogens with one attached hydrogen (secondary N) is 2. The van der Waals surface area contributed by atoms with Crippen molar-refractivity contribution in [3.05, 3.63) is 52.6 Å². The number of anilines is 1. The van der Waals surface area contributed by atoms with Crippen molar-refractivity contribution in [2.75, 3.05) is 31.6 Å². The smallest absolute Gasteiger partial charge is 0.218 e. The van der Waals surface area contributed by atoms with Crippen LogP contribution in [0.5, 0.6) is 5.88 Å². The van der Waals surface area contributed by atoms with Gasteiger partial charge in [-0.05, 0) is 43.7 Å². The van der Waals surface area contributed by atoms with E-state index in [0.29, 0.717) is 18.5 Å².